The van der Waals surface area contributed by atoms with Crippen LogP contribution in [0.1, 0.15) is 33.4 Å². The van der Waals surface area contributed by atoms with Crippen molar-refractivity contribution in [2.45, 2.75) is 41.5 Å². The molecule has 480 valence electrons. The fourth-order valence-electron chi connectivity index (χ4n) is 16.2. The standard InChI is InChI=1S/C86H67B3N6O3S2/c1-51-17-29-57(30-18-51)91(58-31-19-52(2)20-32-58)63-41-73-84-81(44-63)96-78-15-11-9-13-66(78)87(84)68-47-69-74(49-72(68)90-73)94(99-7)76-42-64(92(59-33-21-53(3)22-34-59)60-35-23-54(4)24-36-60)43-77-85(76)89(69)70-48-71-80(50-75(70)95(77)100-8)98-83-46-65(45-82-86(83)88(71)67-14-10-12-16-79(67)97-82)93(61-37-25-55(5)26-38-61)62-39-27-56(6)28-40-62/h9-50,90H,1-8H3. The zero-order valence-corrected chi connectivity index (χ0v) is 58.4. The third-order valence-electron chi connectivity index (χ3n) is 21.0. The Hall–Kier alpha value is -11.0. The van der Waals surface area contributed by atoms with Crippen molar-refractivity contribution in [1.29, 1.82) is 0 Å². The summed E-state index contributed by atoms with van der Waals surface area (Å²) in [6.07, 6.45) is 4.44. The van der Waals surface area contributed by atoms with Crippen LogP contribution in [0.2, 0.25) is 0 Å². The first-order chi connectivity index (χ1) is 48.9. The molecule has 100 heavy (non-hydrogen) atoms. The van der Waals surface area contributed by atoms with Gasteiger partial charge in [-0.1, -0.05) is 155 Å². The Morgan fingerprint density at radius 2 is 0.610 bits per heavy atom. The molecule has 0 amide bonds. The van der Waals surface area contributed by atoms with Crippen LogP contribution in [0.15, 0.2) is 255 Å². The predicted octanol–water partition coefficient (Wildman–Crippen LogP) is 17.3. The van der Waals surface area contributed by atoms with Crippen LogP contribution in [-0.4, -0.2) is 32.6 Å². The van der Waals surface area contributed by atoms with Crippen molar-refractivity contribution >= 4 is 179 Å². The van der Waals surface area contributed by atoms with Crippen molar-refractivity contribution in [1.82, 2.24) is 0 Å². The monoisotopic (exact) mass is 1330 g/mol. The van der Waals surface area contributed by atoms with Gasteiger partial charge in [-0.3, -0.25) is 8.61 Å². The van der Waals surface area contributed by atoms with E-state index in [-0.39, 0.29) is 20.1 Å². The highest BCUT2D eigenvalue weighted by Gasteiger charge is 2.49. The molecule has 0 saturated heterocycles. The highest BCUT2D eigenvalue weighted by molar-refractivity contribution is 8.00. The maximum Gasteiger partial charge on any atom is 0.260 e. The van der Waals surface area contributed by atoms with Crippen molar-refractivity contribution in [2.75, 3.05) is 41.1 Å². The summed E-state index contributed by atoms with van der Waals surface area (Å²) in [5.74, 6) is 4.89. The first-order valence-electron chi connectivity index (χ1n) is 34.3. The second kappa shape index (κ2) is 23.3. The molecule has 0 bridgehead atoms. The molecule has 13 aromatic carbocycles. The van der Waals surface area contributed by atoms with Crippen LogP contribution in [0.3, 0.4) is 0 Å². The third-order valence-corrected chi connectivity index (χ3v) is 22.5. The zero-order valence-electron chi connectivity index (χ0n) is 56.8. The fourth-order valence-corrected chi connectivity index (χ4v) is 17.6. The third kappa shape index (κ3) is 9.58. The lowest BCUT2D eigenvalue weighted by molar-refractivity contribution is 0.465. The first-order valence-corrected chi connectivity index (χ1v) is 36.6. The van der Waals surface area contributed by atoms with Gasteiger partial charge >= 0.3 is 0 Å². The molecule has 0 unspecified atom stereocenters. The Morgan fingerprint density at radius 3 is 1.03 bits per heavy atom. The summed E-state index contributed by atoms with van der Waals surface area (Å²) in [5.41, 5.74) is 33.5. The molecule has 14 heteroatoms. The molecule has 9 nitrogen and oxygen atoms in total. The van der Waals surface area contributed by atoms with Crippen LogP contribution in [0.25, 0.3) is 0 Å². The Morgan fingerprint density at radius 1 is 0.270 bits per heavy atom. The average Bonchev–Trinajstić information content (AvgIpc) is 0.706. The molecule has 1 N–H and O–H groups in total. The van der Waals surface area contributed by atoms with Gasteiger partial charge < -0.3 is 34.2 Å². The number of rotatable bonds is 11. The molecule has 6 aliphatic heterocycles. The Kier molecular flexibility index (Phi) is 14.0. The minimum absolute atomic E-state index is 0.157. The summed E-state index contributed by atoms with van der Waals surface area (Å²) < 4.78 is 26.9. The van der Waals surface area contributed by atoms with Gasteiger partial charge in [0.15, 0.2) is 0 Å². The van der Waals surface area contributed by atoms with Gasteiger partial charge in [0.2, 0.25) is 0 Å². The minimum atomic E-state index is -0.231. The normalized spacial score (nSPS) is 13.3. The maximum absolute atomic E-state index is 7.58. The lowest BCUT2D eigenvalue weighted by atomic mass is 9.29. The number of anilines is 15. The molecule has 6 heterocycles. The van der Waals surface area contributed by atoms with Gasteiger partial charge in [0.25, 0.3) is 20.1 Å². The van der Waals surface area contributed by atoms with Crippen LogP contribution in [0.4, 0.5) is 85.3 Å². The highest BCUT2D eigenvalue weighted by Crippen LogP contribution is 2.51. The molecule has 19 rings (SSSR count). The topological polar surface area (TPSA) is 55.9 Å². The van der Waals surface area contributed by atoms with E-state index in [0.29, 0.717) is 0 Å². The Labute approximate surface area is 594 Å². The summed E-state index contributed by atoms with van der Waals surface area (Å²) >= 11 is 3.48. The van der Waals surface area contributed by atoms with E-state index in [4.69, 9.17) is 14.2 Å². The van der Waals surface area contributed by atoms with Crippen molar-refractivity contribution in [3.8, 4) is 34.5 Å². The molecule has 0 spiro atoms. The summed E-state index contributed by atoms with van der Waals surface area (Å²) in [6, 6.07) is 94.0. The summed E-state index contributed by atoms with van der Waals surface area (Å²) in [6.45, 7) is 12.3. The average molecular weight is 1330 g/mol. The number of nitrogens with one attached hydrogen (secondary N) is 1. The van der Waals surface area contributed by atoms with Crippen molar-refractivity contribution in [2.24, 2.45) is 0 Å². The molecular formula is C86H67B3N6O3S2. The number of ether oxygens (including phenoxy) is 3. The van der Waals surface area contributed by atoms with Gasteiger partial charge in [-0.05, 0) is 218 Å². The number of benzene rings is 13. The zero-order chi connectivity index (χ0) is 67.3. The minimum Gasteiger partial charge on any atom is -0.458 e. The molecule has 0 radical (unpaired) electrons. The van der Waals surface area contributed by atoms with Gasteiger partial charge in [0.1, 0.15) is 34.5 Å². The van der Waals surface area contributed by atoms with E-state index in [2.05, 4.69) is 337 Å². The van der Waals surface area contributed by atoms with E-state index in [1.165, 1.54) is 55.2 Å². The van der Waals surface area contributed by atoms with E-state index < -0.39 is 0 Å². The maximum atomic E-state index is 7.58. The number of nitrogens with zero attached hydrogens (tertiary/aromatic N) is 5. The van der Waals surface area contributed by atoms with Crippen LogP contribution in [0, 0.1) is 41.5 Å². The number of aryl methyl sites for hydroxylation is 6. The number of para-hydroxylation sites is 2. The molecule has 6 aliphatic rings. The van der Waals surface area contributed by atoms with Crippen molar-refractivity contribution in [3.63, 3.8) is 0 Å². The van der Waals surface area contributed by atoms with Crippen LogP contribution in [0.5, 0.6) is 34.5 Å². The smallest absolute Gasteiger partial charge is 0.260 e. The second-order valence-corrected chi connectivity index (χ2v) is 28.8. The van der Waals surface area contributed by atoms with Crippen molar-refractivity contribution in [3.05, 3.63) is 288 Å². The molecule has 0 aromatic heterocycles. The predicted molar refractivity (Wildman–Crippen MR) is 426 cm³/mol. The molecule has 0 atom stereocenters. The Bertz CT molecular complexity index is 5100. The number of hydrogen-bond acceptors (Lipinski definition) is 11. The SMILES string of the molecule is CSN1c2cc3c(cc2B2c4cc5c(cc4N(SC)c4cc(N(c6ccc(C)cc6)c6ccc(C)cc6)cc1c42)Oc1cc(N(c2ccc(C)cc2)c2ccc(C)cc2)cc2c1B5c1ccccc1O2)B1c2ccccc2Oc2cc(N(c4ccc(C)cc4)c4ccc(C)cc4)cc(c21)N3. The summed E-state index contributed by atoms with van der Waals surface area (Å²) in [4.78, 5) is 7.09. The van der Waals surface area contributed by atoms with Crippen molar-refractivity contribution < 1.29 is 14.2 Å². The van der Waals surface area contributed by atoms with Gasteiger partial charge in [-0.15, -0.1) is 0 Å². The van der Waals surface area contributed by atoms with Gasteiger partial charge in [0.05, 0.1) is 34.1 Å². The first kappa shape index (κ1) is 60.2. The molecule has 13 aromatic rings. The highest BCUT2D eigenvalue weighted by atomic mass is 32.2. The van der Waals surface area contributed by atoms with Gasteiger partial charge in [0, 0.05) is 93.4 Å². The second-order valence-electron chi connectivity index (χ2n) is 27.4. The largest absolute Gasteiger partial charge is 0.458 e. The van der Waals surface area contributed by atoms with Crippen LogP contribution >= 0.6 is 23.9 Å². The fraction of sp³-hybridized carbons (Fsp3) is 0.0930. The van der Waals surface area contributed by atoms with E-state index in [1.807, 2.05) is 0 Å². The molecule has 0 saturated carbocycles. The van der Waals surface area contributed by atoms with Gasteiger partial charge in [-0.25, -0.2) is 0 Å². The van der Waals surface area contributed by atoms with Crippen LogP contribution in [-0.2, 0) is 0 Å². The molecular weight excluding hydrogens is 1260 g/mol. The van der Waals surface area contributed by atoms with E-state index in [9.17, 15) is 0 Å². The lowest BCUT2D eigenvalue weighted by Gasteiger charge is -2.45. The van der Waals surface area contributed by atoms with Crippen LogP contribution < -0.4 is 92.0 Å². The molecule has 0 aliphatic carbocycles. The number of hydrogen-bond donors (Lipinski definition) is 1. The van der Waals surface area contributed by atoms with E-state index >= 15 is 0 Å². The van der Waals surface area contributed by atoms with E-state index in [1.54, 1.807) is 23.9 Å². The quantitative estimate of drug-likeness (QED) is 0.0995. The summed E-state index contributed by atoms with van der Waals surface area (Å²) in [5, 5.41) is 4.15. The Balaban J connectivity index is 0.840. The summed E-state index contributed by atoms with van der Waals surface area (Å²) in [7, 11) is 0. The molecule has 0 fully saturated rings. The van der Waals surface area contributed by atoms with Gasteiger partial charge in [-0.2, -0.15) is 0 Å². The van der Waals surface area contributed by atoms with E-state index in [0.717, 1.165) is 147 Å². The number of fused-ring (bicyclic) bond motifs is 12. The lowest BCUT2D eigenvalue weighted by Crippen LogP contribution is -2.65.